The van der Waals surface area contributed by atoms with Gasteiger partial charge in [-0.3, -0.25) is 19.4 Å². The summed E-state index contributed by atoms with van der Waals surface area (Å²) in [5.74, 6) is 0.938. The second kappa shape index (κ2) is 15.3. The predicted molar refractivity (Wildman–Crippen MR) is 255 cm³/mol. The van der Waals surface area contributed by atoms with Crippen LogP contribution in [0.1, 0.15) is 43.0 Å². The summed E-state index contributed by atoms with van der Waals surface area (Å²) in [7, 11) is 0. The summed E-state index contributed by atoms with van der Waals surface area (Å²) >= 11 is 26.8. The van der Waals surface area contributed by atoms with Crippen molar-refractivity contribution in [2.45, 2.75) is 27.7 Å². The average molecular weight is 889 g/mol. The summed E-state index contributed by atoms with van der Waals surface area (Å²) in [6.45, 7) is 8.18. The van der Waals surface area contributed by atoms with Gasteiger partial charge in [0.1, 0.15) is 5.82 Å². The fourth-order valence-electron chi connectivity index (χ4n) is 8.88. The lowest BCUT2D eigenvalue weighted by Crippen LogP contribution is -2.24. The number of ketones is 2. The zero-order valence-electron chi connectivity index (χ0n) is 33.8. The number of halogens is 4. The van der Waals surface area contributed by atoms with Crippen LogP contribution >= 0.6 is 46.4 Å². The number of fused-ring (bicyclic) bond motifs is 4. The molecule has 0 spiro atoms. The number of Topliss-reactive ketones (excluding diaryl/α,β-unsaturated/α-hetero) is 2. The minimum Gasteiger partial charge on any atom is -0.288 e. The van der Waals surface area contributed by atoms with Crippen LogP contribution in [0.2, 0.25) is 20.1 Å². The third kappa shape index (κ3) is 6.75. The number of rotatable bonds is 5. The molecule has 62 heavy (non-hydrogen) atoms. The maximum Gasteiger partial charge on any atom is 0.197 e. The molecule has 0 radical (unpaired) electrons. The third-order valence-electron chi connectivity index (χ3n) is 11.4. The molecule has 0 fully saturated rings. The lowest BCUT2D eigenvalue weighted by Gasteiger charge is -2.30. The van der Waals surface area contributed by atoms with Gasteiger partial charge in [-0.15, -0.1) is 0 Å². The van der Waals surface area contributed by atoms with Crippen LogP contribution < -0.4 is 9.80 Å². The monoisotopic (exact) mass is 886 g/mol. The van der Waals surface area contributed by atoms with Crippen molar-refractivity contribution in [3.8, 4) is 22.3 Å². The molecule has 1 aromatic heterocycles. The molecular formula is C52H34Cl4N4O2. The molecule has 0 amide bonds. The average Bonchev–Trinajstić information content (AvgIpc) is 3.64. The van der Waals surface area contributed by atoms with Gasteiger partial charge in [0.15, 0.2) is 23.2 Å². The van der Waals surface area contributed by atoms with E-state index in [1.807, 2.05) is 107 Å². The van der Waals surface area contributed by atoms with Crippen LogP contribution in [0.4, 0.5) is 23.0 Å². The molecule has 6 nitrogen and oxygen atoms in total. The lowest BCUT2D eigenvalue weighted by atomic mass is 9.96. The summed E-state index contributed by atoms with van der Waals surface area (Å²) in [6, 6.07) is 38.4. The molecule has 7 aromatic carbocycles. The van der Waals surface area contributed by atoms with Crippen LogP contribution in [0.3, 0.4) is 0 Å². The molecule has 0 bridgehead atoms. The van der Waals surface area contributed by atoms with E-state index in [4.69, 9.17) is 56.4 Å². The van der Waals surface area contributed by atoms with E-state index < -0.39 is 0 Å². The van der Waals surface area contributed by atoms with Crippen molar-refractivity contribution in [1.82, 2.24) is 9.97 Å². The Morgan fingerprint density at radius 2 is 0.871 bits per heavy atom. The van der Waals surface area contributed by atoms with E-state index in [-0.39, 0.29) is 17.1 Å². The van der Waals surface area contributed by atoms with Gasteiger partial charge in [-0.2, -0.15) is 0 Å². The fraction of sp³-hybridized carbons (Fsp3) is 0.0769. The highest BCUT2D eigenvalue weighted by atomic mass is 35.5. The van der Waals surface area contributed by atoms with Crippen molar-refractivity contribution in [3.63, 3.8) is 0 Å². The van der Waals surface area contributed by atoms with Crippen LogP contribution in [0, 0.1) is 27.7 Å². The molecule has 1 aliphatic carbocycles. The van der Waals surface area contributed by atoms with Gasteiger partial charge >= 0.3 is 0 Å². The summed E-state index contributed by atoms with van der Waals surface area (Å²) in [5.41, 5.74) is 10.9. The van der Waals surface area contributed by atoms with Gasteiger partial charge in [0.25, 0.3) is 0 Å². The first-order valence-electron chi connectivity index (χ1n) is 19.9. The Labute approximate surface area is 378 Å². The number of aromatic nitrogens is 2. The molecule has 8 aromatic rings. The Morgan fingerprint density at radius 3 is 1.29 bits per heavy atom. The van der Waals surface area contributed by atoms with Gasteiger partial charge in [0.05, 0.1) is 28.0 Å². The van der Waals surface area contributed by atoms with Gasteiger partial charge in [-0.05, 0) is 146 Å². The molecule has 1 aliphatic heterocycles. The van der Waals surface area contributed by atoms with E-state index >= 15 is 0 Å². The number of anilines is 4. The van der Waals surface area contributed by atoms with Gasteiger partial charge < -0.3 is 0 Å². The Bertz CT molecular complexity index is 3100. The fourth-order valence-corrected chi connectivity index (χ4v) is 9.93. The molecule has 2 heterocycles. The standard InChI is InChI=1S/C52H34Cl4N4O2/c1-27-15-29(3)47(40(17-27)33-19-35(53)25-36(54)20-33)59-46(14-13-39-49(61)42-23-31-9-5-6-10-32(31)24-43(42)50(39)62)60(52-51(59)57-44-11-7-8-12-45(44)58-52)48-30(4)16-28(2)18-41(48)34-21-37(55)26-38(56)22-34/h5-26H,1-4H3. The molecule has 0 saturated heterocycles. The first kappa shape index (κ1) is 39.8. The molecule has 10 heteroatoms. The molecule has 302 valence electrons. The highest BCUT2D eigenvalue weighted by Gasteiger charge is 2.41. The van der Waals surface area contributed by atoms with Crippen molar-refractivity contribution in [1.29, 1.82) is 0 Å². The second-order valence-corrected chi connectivity index (χ2v) is 17.6. The molecule has 0 N–H and O–H groups in total. The summed E-state index contributed by atoms with van der Waals surface area (Å²) in [6.07, 6.45) is 3.46. The van der Waals surface area contributed by atoms with E-state index in [0.29, 0.717) is 59.7 Å². The van der Waals surface area contributed by atoms with E-state index in [9.17, 15) is 9.59 Å². The van der Waals surface area contributed by atoms with Crippen LogP contribution in [0.15, 0.2) is 145 Å². The minimum atomic E-state index is -0.343. The Morgan fingerprint density at radius 1 is 0.468 bits per heavy atom. The molecule has 10 rings (SSSR count). The zero-order chi connectivity index (χ0) is 43.1. The van der Waals surface area contributed by atoms with Crippen molar-refractivity contribution in [2.24, 2.45) is 0 Å². The first-order valence-corrected chi connectivity index (χ1v) is 21.4. The normalized spacial score (nSPS) is 13.4. The van der Waals surface area contributed by atoms with Gasteiger partial charge in [-0.25, -0.2) is 9.97 Å². The van der Waals surface area contributed by atoms with Gasteiger partial charge in [0, 0.05) is 42.3 Å². The topological polar surface area (TPSA) is 66.4 Å². The number of nitrogens with zero attached hydrogens (tertiary/aromatic N) is 4. The number of hydrogen-bond donors (Lipinski definition) is 0. The third-order valence-corrected chi connectivity index (χ3v) is 12.2. The Hall–Kier alpha value is -6.28. The van der Waals surface area contributed by atoms with Crippen molar-refractivity contribution in [2.75, 3.05) is 9.80 Å². The number of hydrogen-bond acceptors (Lipinski definition) is 6. The minimum absolute atomic E-state index is 0.0506. The number of carbonyl (C=O) groups excluding carboxylic acids is 2. The molecule has 0 atom stereocenters. The number of allylic oxidation sites excluding steroid dienone is 3. The van der Waals surface area contributed by atoms with Crippen LogP contribution in [0.5, 0.6) is 0 Å². The smallest absolute Gasteiger partial charge is 0.197 e. The highest BCUT2D eigenvalue weighted by Crippen LogP contribution is 2.54. The summed E-state index contributed by atoms with van der Waals surface area (Å²) in [5, 5.41) is 3.70. The Balaban J connectivity index is 1.31. The van der Waals surface area contributed by atoms with Gasteiger partial charge in [-0.1, -0.05) is 106 Å². The molecular weight excluding hydrogens is 854 g/mol. The number of para-hydroxylation sites is 2. The maximum atomic E-state index is 14.3. The summed E-state index contributed by atoms with van der Waals surface area (Å²) < 4.78 is 0. The number of benzene rings is 7. The van der Waals surface area contributed by atoms with Crippen LogP contribution in [-0.4, -0.2) is 21.5 Å². The second-order valence-electron chi connectivity index (χ2n) is 15.8. The number of aryl methyl sites for hydroxylation is 4. The molecule has 0 saturated carbocycles. The maximum absolute atomic E-state index is 14.3. The highest BCUT2D eigenvalue weighted by molar-refractivity contribution is 6.40. The van der Waals surface area contributed by atoms with Crippen LogP contribution in [-0.2, 0) is 0 Å². The lowest BCUT2D eigenvalue weighted by molar-refractivity contribution is 0.0988. The van der Waals surface area contributed by atoms with Gasteiger partial charge in [0.2, 0.25) is 0 Å². The Kier molecular flexibility index (Phi) is 9.80. The van der Waals surface area contributed by atoms with E-state index in [1.54, 1.807) is 30.3 Å². The largest absolute Gasteiger partial charge is 0.288 e. The summed E-state index contributed by atoms with van der Waals surface area (Å²) in [4.78, 5) is 43.4. The van der Waals surface area contributed by atoms with Crippen molar-refractivity contribution < 1.29 is 9.59 Å². The SMILES string of the molecule is Cc1cc(C)c(N2C(=CC=C3C(=O)c4cc5ccccc5cc4C3=O)N(c3c(C)cc(C)cc3-c3cc(Cl)cc(Cl)c3)c3nc4ccccc4nc32)c(-c2cc(Cl)cc(Cl)c2)c1. The van der Waals surface area contributed by atoms with E-state index in [1.165, 1.54) is 0 Å². The number of carbonyl (C=O) groups is 2. The molecule has 0 unspecified atom stereocenters. The zero-order valence-corrected chi connectivity index (χ0v) is 36.8. The first-order chi connectivity index (χ1) is 29.8. The van der Waals surface area contributed by atoms with Crippen molar-refractivity contribution >= 4 is 103 Å². The quantitative estimate of drug-likeness (QED) is 0.127. The van der Waals surface area contributed by atoms with E-state index in [2.05, 4.69) is 34.1 Å². The predicted octanol–water partition coefficient (Wildman–Crippen LogP) is 15.1. The molecule has 2 aliphatic rings. The van der Waals surface area contributed by atoms with Crippen molar-refractivity contribution in [3.05, 3.63) is 198 Å². The van der Waals surface area contributed by atoms with E-state index in [0.717, 1.165) is 66.7 Å². The van der Waals surface area contributed by atoms with Crippen LogP contribution in [0.25, 0.3) is 44.1 Å².